The van der Waals surface area contributed by atoms with Crippen molar-refractivity contribution in [2.24, 2.45) is 11.7 Å². The van der Waals surface area contributed by atoms with Crippen molar-refractivity contribution < 1.29 is 4.79 Å². The lowest BCUT2D eigenvalue weighted by Gasteiger charge is -2.07. The zero-order chi connectivity index (χ0) is 10.3. The molecule has 0 aliphatic rings. The highest BCUT2D eigenvalue weighted by Gasteiger charge is 2.11. The molecule has 0 aromatic rings. The summed E-state index contributed by atoms with van der Waals surface area (Å²) in [6.45, 7) is 4.29. The maximum absolute atomic E-state index is 11.3. The van der Waals surface area contributed by atoms with Gasteiger partial charge in [0.1, 0.15) is 0 Å². The van der Waals surface area contributed by atoms with E-state index in [0.29, 0.717) is 18.8 Å². The Morgan fingerprint density at radius 2 is 2.15 bits per heavy atom. The van der Waals surface area contributed by atoms with Gasteiger partial charge in [-0.2, -0.15) is 0 Å². The first-order chi connectivity index (χ1) is 6.07. The van der Waals surface area contributed by atoms with Crippen LogP contribution in [-0.4, -0.2) is 11.8 Å². The minimum atomic E-state index is -0.447. The van der Waals surface area contributed by atoms with Gasteiger partial charge in [-0.25, -0.2) is 0 Å². The molecule has 0 heterocycles. The minimum absolute atomic E-state index is 0.0959. The Kier molecular flexibility index (Phi) is 6.26. The fourth-order valence-corrected chi connectivity index (χ4v) is 1.11. The number of rotatable bonds is 6. The van der Waals surface area contributed by atoms with Gasteiger partial charge in [-0.15, -0.1) is 12.3 Å². The Labute approximate surface area is 80.9 Å². The van der Waals surface area contributed by atoms with E-state index in [2.05, 4.69) is 19.8 Å². The van der Waals surface area contributed by atoms with Gasteiger partial charge in [0.25, 0.3) is 0 Å². The molecule has 1 unspecified atom stereocenters. The van der Waals surface area contributed by atoms with E-state index < -0.39 is 6.04 Å². The maximum Gasteiger partial charge on any atom is 0.150 e. The number of hydrogen-bond acceptors (Lipinski definition) is 2. The van der Waals surface area contributed by atoms with Gasteiger partial charge in [0.2, 0.25) is 0 Å². The molecule has 0 aromatic carbocycles. The largest absolute Gasteiger partial charge is 0.321 e. The standard InChI is InChI=1S/C11H19NO/c1-4-6-10(12)11(13)8-5-7-9(2)3/h1,9-10H,5-8,12H2,2-3H3. The lowest BCUT2D eigenvalue weighted by atomic mass is 10.0. The van der Waals surface area contributed by atoms with Crippen molar-refractivity contribution in [2.45, 2.75) is 45.6 Å². The third kappa shape index (κ3) is 6.36. The molecule has 0 amide bonds. The van der Waals surface area contributed by atoms with E-state index in [1.54, 1.807) is 0 Å². The summed E-state index contributed by atoms with van der Waals surface area (Å²) < 4.78 is 0. The fourth-order valence-electron chi connectivity index (χ4n) is 1.11. The van der Waals surface area contributed by atoms with Crippen LogP contribution in [0.2, 0.25) is 0 Å². The van der Waals surface area contributed by atoms with Crippen molar-refractivity contribution in [3.05, 3.63) is 0 Å². The van der Waals surface area contributed by atoms with Crippen molar-refractivity contribution in [1.29, 1.82) is 0 Å². The number of ketones is 1. The molecule has 0 aromatic heterocycles. The molecule has 0 bridgehead atoms. The van der Waals surface area contributed by atoms with Crippen LogP contribution < -0.4 is 5.73 Å². The molecular weight excluding hydrogens is 162 g/mol. The van der Waals surface area contributed by atoms with Crippen molar-refractivity contribution in [3.8, 4) is 12.3 Å². The summed E-state index contributed by atoms with van der Waals surface area (Å²) >= 11 is 0. The SMILES string of the molecule is C#CCC(N)C(=O)CCCC(C)C. The smallest absolute Gasteiger partial charge is 0.150 e. The van der Waals surface area contributed by atoms with Gasteiger partial charge in [-0.3, -0.25) is 4.79 Å². The molecule has 74 valence electrons. The van der Waals surface area contributed by atoms with E-state index in [-0.39, 0.29) is 5.78 Å². The molecule has 0 radical (unpaired) electrons. The highest BCUT2D eigenvalue weighted by molar-refractivity contribution is 5.83. The van der Waals surface area contributed by atoms with Crippen LogP contribution in [0.15, 0.2) is 0 Å². The number of carbonyl (C=O) groups is 1. The molecule has 0 aliphatic heterocycles. The number of carbonyl (C=O) groups excluding carboxylic acids is 1. The Morgan fingerprint density at radius 3 is 2.62 bits per heavy atom. The fraction of sp³-hybridized carbons (Fsp3) is 0.727. The van der Waals surface area contributed by atoms with E-state index >= 15 is 0 Å². The Morgan fingerprint density at radius 1 is 1.54 bits per heavy atom. The first-order valence-electron chi connectivity index (χ1n) is 4.79. The molecule has 0 fully saturated rings. The van der Waals surface area contributed by atoms with Gasteiger partial charge in [0.15, 0.2) is 5.78 Å². The van der Waals surface area contributed by atoms with E-state index in [9.17, 15) is 4.79 Å². The van der Waals surface area contributed by atoms with Crippen LogP contribution in [-0.2, 0) is 4.79 Å². The zero-order valence-corrected chi connectivity index (χ0v) is 8.55. The van der Waals surface area contributed by atoms with Crippen LogP contribution in [0, 0.1) is 18.3 Å². The maximum atomic E-state index is 11.3. The average molecular weight is 181 g/mol. The Bertz CT molecular complexity index is 191. The monoisotopic (exact) mass is 181 g/mol. The summed E-state index contributed by atoms with van der Waals surface area (Å²) in [6.07, 6.45) is 8.00. The van der Waals surface area contributed by atoms with Crippen molar-refractivity contribution in [2.75, 3.05) is 0 Å². The second-order valence-electron chi connectivity index (χ2n) is 3.77. The van der Waals surface area contributed by atoms with Crippen LogP contribution in [0.5, 0.6) is 0 Å². The van der Waals surface area contributed by atoms with Crippen molar-refractivity contribution >= 4 is 5.78 Å². The Balaban J connectivity index is 3.57. The highest BCUT2D eigenvalue weighted by atomic mass is 16.1. The minimum Gasteiger partial charge on any atom is -0.321 e. The molecule has 0 rings (SSSR count). The first-order valence-corrected chi connectivity index (χ1v) is 4.79. The molecule has 13 heavy (non-hydrogen) atoms. The number of nitrogens with two attached hydrogens (primary N) is 1. The van der Waals surface area contributed by atoms with E-state index in [0.717, 1.165) is 12.8 Å². The van der Waals surface area contributed by atoms with Crippen LogP contribution in [0.3, 0.4) is 0 Å². The van der Waals surface area contributed by atoms with E-state index in [1.165, 1.54) is 0 Å². The lowest BCUT2D eigenvalue weighted by molar-refractivity contribution is -0.120. The summed E-state index contributed by atoms with van der Waals surface area (Å²) in [7, 11) is 0. The molecule has 0 saturated heterocycles. The average Bonchev–Trinajstić information content (AvgIpc) is 2.04. The lowest BCUT2D eigenvalue weighted by Crippen LogP contribution is -2.29. The number of Topliss-reactive ketones (excluding diaryl/α,β-unsaturated/α-hetero) is 1. The van der Waals surface area contributed by atoms with Crippen LogP contribution in [0.1, 0.15) is 39.5 Å². The predicted molar refractivity (Wildman–Crippen MR) is 55.1 cm³/mol. The predicted octanol–water partition coefficient (Wildman–Crippen LogP) is 1.73. The Hall–Kier alpha value is -0.810. The topological polar surface area (TPSA) is 43.1 Å². The molecular formula is C11H19NO. The van der Waals surface area contributed by atoms with Crippen LogP contribution >= 0.6 is 0 Å². The second-order valence-corrected chi connectivity index (χ2v) is 3.77. The molecule has 0 spiro atoms. The third-order valence-corrected chi connectivity index (χ3v) is 1.96. The zero-order valence-electron chi connectivity index (χ0n) is 8.55. The molecule has 2 N–H and O–H groups in total. The first kappa shape index (κ1) is 12.2. The third-order valence-electron chi connectivity index (χ3n) is 1.96. The number of hydrogen-bond donors (Lipinski definition) is 1. The summed E-state index contributed by atoms with van der Waals surface area (Å²) in [5.41, 5.74) is 5.55. The summed E-state index contributed by atoms with van der Waals surface area (Å²) in [5.74, 6) is 3.15. The van der Waals surface area contributed by atoms with E-state index in [1.807, 2.05) is 0 Å². The van der Waals surface area contributed by atoms with Gasteiger partial charge in [0.05, 0.1) is 6.04 Å². The molecule has 2 nitrogen and oxygen atoms in total. The molecule has 0 aliphatic carbocycles. The quantitative estimate of drug-likeness (QED) is 0.634. The molecule has 2 heteroatoms. The summed E-state index contributed by atoms with van der Waals surface area (Å²) in [6, 6.07) is -0.447. The molecule has 1 atom stereocenters. The molecule has 0 saturated carbocycles. The highest BCUT2D eigenvalue weighted by Crippen LogP contribution is 2.07. The van der Waals surface area contributed by atoms with Crippen LogP contribution in [0.4, 0.5) is 0 Å². The van der Waals surface area contributed by atoms with Gasteiger partial charge in [-0.1, -0.05) is 20.3 Å². The number of terminal acetylenes is 1. The van der Waals surface area contributed by atoms with Crippen molar-refractivity contribution in [3.63, 3.8) is 0 Å². The van der Waals surface area contributed by atoms with Crippen molar-refractivity contribution in [1.82, 2.24) is 0 Å². The normalized spacial score (nSPS) is 12.5. The van der Waals surface area contributed by atoms with Gasteiger partial charge in [0, 0.05) is 12.8 Å². The van der Waals surface area contributed by atoms with Gasteiger partial charge < -0.3 is 5.73 Å². The van der Waals surface area contributed by atoms with Gasteiger partial charge >= 0.3 is 0 Å². The second kappa shape index (κ2) is 6.68. The van der Waals surface area contributed by atoms with Crippen LogP contribution in [0.25, 0.3) is 0 Å². The van der Waals surface area contributed by atoms with E-state index in [4.69, 9.17) is 12.2 Å². The van der Waals surface area contributed by atoms with Gasteiger partial charge in [-0.05, 0) is 12.3 Å². The summed E-state index contributed by atoms with van der Waals surface area (Å²) in [4.78, 5) is 11.3. The summed E-state index contributed by atoms with van der Waals surface area (Å²) in [5, 5.41) is 0.